The highest BCUT2D eigenvalue weighted by Crippen LogP contribution is 2.46. The molecule has 1 saturated carbocycles. The lowest BCUT2D eigenvalue weighted by Gasteiger charge is -2.43. The third kappa shape index (κ3) is 3.87. The Hall–Kier alpha value is -1.63. The molecule has 2 fully saturated rings. The highest BCUT2D eigenvalue weighted by Gasteiger charge is 2.56. The van der Waals surface area contributed by atoms with E-state index in [4.69, 9.17) is 5.73 Å². The van der Waals surface area contributed by atoms with Crippen molar-refractivity contribution in [3.05, 3.63) is 0 Å². The zero-order chi connectivity index (χ0) is 19.9. The van der Waals surface area contributed by atoms with Crippen LogP contribution in [0.3, 0.4) is 0 Å². The van der Waals surface area contributed by atoms with Gasteiger partial charge in [0.1, 0.15) is 12.1 Å². The van der Waals surface area contributed by atoms with Crippen molar-refractivity contribution in [3.63, 3.8) is 0 Å². The van der Waals surface area contributed by atoms with Crippen molar-refractivity contribution in [1.82, 2.24) is 15.5 Å². The zero-order valence-corrected chi connectivity index (χ0v) is 16.9. The van der Waals surface area contributed by atoms with Crippen LogP contribution in [0.5, 0.6) is 0 Å². The second-order valence-electron chi connectivity index (χ2n) is 9.58. The lowest BCUT2D eigenvalue weighted by molar-refractivity contribution is -0.138. The van der Waals surface area contributed by atoms with Gasteiger partial charge in [0.15, 0.2) is 0 Å². The number of urea groups is 1. The van der Waals surface area contributed by atoms with E-state index in [1.807, 2.05) is 20.8 Å². The first-order valence-corrected chi connectivity index (χ1v) is 9.49. The molecule has 0 radical (unpaired) electrons. The van der Waals surface area contributed by atoms with E-state index in [0.717, 1.165) is 11.3 Å². The van der Waals surface area contributed by atoms with Gasteiger partial charge in [-0.1, -0.05) is 34.6 Å². The SMILES string of the molecule is CC1CC(C)(C)CC2(C1)NC(=O)N(CC(=O)NC(C)(CN)C(C)C)C2=O. The Labute approximate surface area is 156 Å². The highest BCUT2D eigenvalue weighted by atomic mass is 16.2. The molecule has 148 valence electrons. The van der Waals surface area contributed by atoms with Crippen molar-refractivity contribution >= 4 is 17.8 Å². The summed E-state index contributed by atoms with van der Waals surface area (Å²) in [6, 6.07) is -0.478. The molecule has 4 N–H and O–H groups in total. The van der Waals surface area contributed by atoms with Gasteiger partial charge in [0.25, 0.3) is 5.91 Å². The maximum Gasteiger partial charge on any atom is 0.325 e. The summed E-state index contributed by atoms with van der Waals surface area (Å²) < 4.78 is 0. The first-order valence-electron chi connectivity index (χ1n) is 9.49. The standard InChI is InChI=1S/C19H34N4O3/c1-12(2)18(6,11-20)21-14(24)9-23-15(25)19(22-16(23)26)8-13(3)7-17(4,5)10-19/h12-13H,7-11,20H2,1-6H3,(H,21,24)(H,22,26). The molecule has 2 rings (SSSR count). The number of carbonyl (C=O) groups is 3. The molecular formula is C19H34N4O3. The van der Waals surface area contributed by atoms with Crippen LogP contribution in [0.2, 0.25) is 0 Å². The highest BCUT2D eigenvalue weighted by molar-refractivity contribution is 6.09. The molecule has 0 aromatic rings. The van der Waals surface area contributed by atoms with Gasteiger partial charge in [0.2, 0.25) is 5.91 Å². The van der Waals surface area contributed by atoms with Crippen LogP contribution in [0.15, 0.2) is 0 Å². The second-order valence-corrected chi connectivity index (χ2v) is 9.58. The number of nitrogens with one attached hydrogen (secondary N) is 2. The van der Waals surface area contributed by atoms with Crippen molar-refractivity contribution in [2.45, 2.75) is 71.9 Å². The molecule has 7 heteroatoms. The largest absolute Gasteiger partial charge is 0.348 e. The van der Waals surface area contributed by atoms with Crippen LogP contribution in [-0.4, -0.2) is 46.9 Å². The molecule has 1 saturated heterocycles. The van der Waals surface area contributed by atoms with E-state index >= 15 is 0 Å². The Morgan fingerprint density at radius 1 is 1.38 bits per heavy atom. The van der Waals surface area contributed by atoms with Crippen LogP contribution in [0.4, 0.5) is 4.79 Å². The van der Waals surface area contributed by atoms with Gasteiger partial charge in [0.05, 0.1) is 5.54 Å². The predicted octanol–water partition coefficient (Wildman–Crippen LogP) is 1.61. The normalized spacial score (nSPS) is 30.5. The third-order valence-electron chi connectivity index (χ3n) is 6.05. The average molecular weight is 367 g/mol. The summed E-state index contributed by atoms with van der Waals surface area (Å²) in [4.78, 5) is 39.1. The van der Waals surface area contributed by atoms with E-state index in [1.165, 1.54) is 0 Å². The molecule has 7 nitrogen and oxygen atoms in total. The fraction of sp³-hybridized carbons (Fsp3) is 0.842. The van der Waals surface area contributed by atoms with Gasteiger partial charge in [-0.3, -0.25) is 14.5 Å². The van der Waals surface area contributed by atoms with Crippen LogP contribution in [0.25, 0.3) is 0 Å². The fourth-order valence-electron chi connectivity index (χ4n) is 4.58. The number of rotatable bonds is 5. The van der Waals surface area contributed by atoms with E-state index < -0.39 is 17.1 Å². The zero-order valence-electron chi connectivity index (χ0n) is 16.9. The Kier molecular flexibility index (Phi) is 5.43. The molecule has 1 heterocycles. The number of hydrogen-bond donors (Lipinski definition) is 3. The molecule has 0 aromatic carbocycles. The van der Waals surface area contributed by atoms with Crippen LogP contribution in [0, 0.1) is 17.3 Å². The summed E-state index contributed by atoms with van der Waals surface area (Å²) in [7, 11) is 0. The summed E-state index contributed by atoms with van der Waals surface area (Å²) in [5.74, 6) is -0.185. The van der Waals surface area contributed by atoms with Crippen molar-refractivity contribution in [3.8, 4) is 0 Å². The predicted molar refractivity (Wildman–Crippen MR) is 100 cm³/mol. The molecule has 1 aliphatic heterocycles. The number of carbonyl (C=O) groups excluding carboxylic acids is 3. The maximum atomic E-state index is 13.1. The monoisotopic (exact) mass is 366 g/mol. The second kappa shape index (κ2) is 6.83. The lowest BCUT2D eigenvalue weighted by atomic mass is 9.64. The summed E-state index contributed by atoms with van der Waals surface area (Å²) >= 11 is 0. The minimum Gasteiger partial charge on any atom is -0.348 e. The lowest BCUT2D eigenvalue weighted by Crippen LogP contribution is -2.57. The molecule has 0 aromatic heterocycles. The van der Waals surface area contributed by atoms with Crippen LogP contribution >= 0.6 is 0 Å². The summed E-state index contributed by atoms with van der Waals surface area (Å²) in [5, 5.41) is 5.78. The van der Waals surface area contributed by atoms with Gasteiger partial charge in [-0.05, 0) is 43.4 Å². The van der Waals surface area contributed by atoms with Gasteiger partial charge in [0, 0.05) is 6.54 Å². The van der Waals surface area contributed by atoms with E-state index in [1.54, 1.807) is 0 Å². The Morgan fingerprint density at radius 3 is 2.50 bits per heavy atom. The average Bonchev–Trinajstić information content (AvgIpc) is 2.68. The van der Waals surface area contributed by atoms with Gasteiger partial charge in [-0.15, -0.1) is 0 Å². The molecule has 0 bridgehead atoms. The van der Waals surface area contributed by atoms with E-state index in [2.05, 4.69) is 31.4 Å². The van der Waals surface area contributed by atoms with Crippen LogP contribution in [-0.2, 0) is 9.59 Å². The number of amides is 4. The first kappa shape index (κ1) is 20.7. The van der Waals surface area contributed by atoms with E-state index in [0.29, 0.717) is 18.8 Å². The Balaban J connectivity index is 2.13. The van der Waals surface area contributed by atoms with Crippen molar-refractivity contribution < 1.29 is 14.4 Å². The molecule has 2 aliphatic rings. The van der Waals surface area contributed by atoms with Crippen molar-refractivity contribution in [2.24, 2.45) is 23.0 Å². The van der Waals surface area contributed by atoms with Gasteiger partial charge in [-0.2, -0.15) is 0 Å². The smallest absolute Gasteiger partial charge is 0.325 e. The van der Waals surface area contributed by atoms with Crippen LogP contribution in [0.1, 0.15) is 60.8 Å². The summed E-state index contributed by atoms with van der Waals surface area (Å²) in [6.45, 7) is 12.2. The minimum atomic E-state index is -0.881. The minimum absolute atomic E-state index is 0.0331. The summed E-state index contributed by atoms with van der Waals surface area (Å²) in [5.41, 5.74) is 4.31. The van der Waals surface area contributed by atoms with Crippen molar-refractivity contribution in [1.29, 1.82) is 0 Å². The fourth-order valence-corrected chi connectivity index (χ4v) is 4.58. The molecule has 26 heavy (non-hydrogen) atoms. The number of nitrogens with zero attached hydrogens (tertiary/aromatic N) is 1. The third-order valence-corrected chi connectivity index (χ3v) is 6.05. The van der Waals surface area contributed by atoms with E-state index in [9.17, 15) is 14.4 Å². The topological polar surface area (TPSA) is 105 Å². The number of imide groups is 1. The maximum absolute atomic E-state index is 13.1. The van der Waals surface area contributed by atoms with Crippen LogP contribution < -0.4 is 16.4 Å². The molecule has 1 aliphatic carbocycles. The Bertz CT molecular complexity index is 604. The molecule has 3 atom stereocenters. The Morgan fingerprint density at radius 2 is 2.00 bits per heavy atom. The van der Waals surface area contributed by atoms with Gasteiger partial charge >= 0.3 is 6.03 Å². The van der Waals surface area contributed by atoms with Gasteiger partial charge < -0.3 is 16.4 Å². The molecule has 1 spiro atoms. The van der Waals surface area contributed by atoms with Gasteiger partial charge in [-0.25, -0.2) is 4.79 Å². The molecule has 4 amide bonds. The van der Waals surface area contributed by atoms with Crippen molar-refractivity contribution in [2.75, 3.05) is 13.1 Å². The number of hydrogen-bond acceptors (Lipinski definition) is 4. The molecular weight excluding hydrogens is 332 g/mol. The molecule has 3 unspecified atom stereocenters. The number of nitrogens with two attached hydrogens (primary N) is 1. The van der Waals surface area contributed by atoms with E-state index in [-0.39, 0.29) is 36.2 Å². The summed E-state index contributed by atoms with van der Waals surface area (Å²) in [6.07, 6.45) is 2.23. The quantitative estimate of drug-likeness (QED) is 0.643. The first-order chi connectivity index (χ1) is 11.8.